The minimum absolute atomic E-state index is 0.0230. The second-order valence-electron chi connectivity index (χ2n) is 25.1. The summed E-state index contributed by atoms with van der Waals surface area (Å²) in [5.74, 6) is 0. The third-order valence-electron chi connectivity index (χ3n) is 20.6. The van der Waals surface area contributed by atoms with Crippen LogP contribution in [0.2, 0.25) is 0 Å². The molecular formula is C88H52B2. The lowest BCUT2D eigenvalue weighted by molar-refractivity contribution is 1.55. The number of hydrogen-bond donors (Lipinski definition) is 0. The van der Waals surface area contributed by atoms with E-state index in [1.807, 2.05) is 0 Å². The molecule has 0 nitrogen and oxygen atoms in total. The van der Waals surface area contributed by atoms with Crippen LogP contribution in [0.25, 0.3) is 166 Å². The number of fused-ring (bicyclic) bond motifs is 10. The summed E-state index contributed by atoms with van der Waals surface area (Å²) in [7, 11) is 0. The van der Waals surface area contributed by atoms with Crippen molar-refractivity contribution in [3.63, 3.8) is 0 Å². The Morgan fingerprint density at radius 3 is 0.767 bits per heavy atom. The molecule has 410 valence electrons. The quantitative estimate of drug-likeness (QED) is 0.105. The van der Waals surface area contributed by atoms with E-state index in [9.17, 15) is 0 Å². The van der Waals surface area contributed by atoms with Crippen molar-refractivity contribution < 1.29 is 0 Å². The molecule has 0 N–H and O–H groups in total. The third kappa shape index (κ3) is 6.99. The van der Waals surface area contributed by atoms with Gasteiger partial charge in [-0.25, -0.2) is 0 Å². The van der Waals surface area contributed by atoms with Gasteiger partial charge in [0.1, 0.15) is 0 Å². The molecule has 0 atom stereocenters. The Kier molecular flexibility index (Phi) is 10.6. The van der Waals surface area contributed by atoms with Gasteiger partial charge in [-0.15, -0.1) is 0 Å². The standard InChI is InChI=1S/C88H52B2/c1-7-25-53(26-8-1)59-45-67(55-29-11-3-12-30-55)81(68(46-59)56-31-13-4-14-32-56)73-49-71-65-41-23-39-63-61-37-20-22-44-78(61)90(87(63)65)80-52-76-74(82-69(57-33-15-5-16-34-57)47-60(54-27-9-2-10-28-54)48-70(82)58-35-17-6-18-36-58)50-72-66-42-24-40-64-62-38-19-21-43-77(62)89(88(64)66)79-51-75(73)85(83(71)80)86(76)84(72)79/h1-52H. The van der Waals surface area contributed by atoms with Gasteiger partial charge in [0.15, 0.2) is 0 Å². The number of rotatable bonds is 8. The molecule has 2 heteroatoms. The second kappa shape index (κ2) is 19.1. The lowest BCUT2D eigenvalue weighted by atomic mass is 9.34. The largest absolute Gasteiger partial charge is 0.244 e. The van der Waals surface area contributed by atoms with E-state index in [-0.39, 0.29) is 13.4 Å². The smallest absolute Gasteiger partial charge is 0.0664 e. The highest BCUT2D eigenvalue weighted by Crippen LogP contribution is 2.55. The average molecular weight is 1130 g/mol. The lowest BCUT2D eigenvalue weighted by Crippen LogP contribution is -2.52. The van der Waals surface area contributed by atoms with Crippen LogP contribution in [-0.4, -0.2) is 13.4 Å². The Balaban J connectivity index is 1.04. The highest BCUT2D eigenvalue weighted by atomic mass is 14.4. The zero-order valence-corrected chi connectivity index (χ0v) is 49.2. The predicted molar refractivity (Wildman–Crippen MR) is 385 cm³/mol. The molecule has 0 saturated carbocycles. The fourth-order valence-corrected chi connectivity index (χ4v) is 17.0. The fourth-order valence-electron chi connectivity index (χ4n) is 17.0. The maximum absolute atomic E-state index is 2.71. The average Bonchev–Trinajstić information content (AvgIpc) is 1.14. The van der Waals surface area contributed by atoms with Gasteiger partial charge >= 0.3 is 0 Å². The van der Waals surface area contributed by atoms with E-state index in [1.165, 1.54) is 199 Å². The molecule has 4 aliphatic rings. The van der Waals surface area contributed by atoms with Crippen LogP contribution >= 0.6 is 0 Å². The van der Waals surface area contributed by atoms with E-state index in [4.69, 9.17) is 0 Å². The van der Waals surface area contributed by atoms with Crippen LogP contribution in [0, 0.1) is 0 Å². The van der Waals surface area contributed by atoms with Gasteiger partial charge < -0.3 is 0 Å². The van der Waals surface area contributed by atoms with Crippen molar-refractivity contribution in [1.29, 1.82) is 0 Å². The SMILES string of the molecule is c1ccc(-c2cc(-c3ccccc3)c(-c3cc4c5c(cc6c(-c7c(-c8ccccc8)cc(-c8ccccc8)cc7-c7ccccc7)cc7c8c(cc3c5c68)B3c5ccccc5-c5cccc-7c53)B3c5ccccc5-c5cccc-4c53)c(-c3ccccc3)c2)cc1. The van der Waals surface area contributed by atoms with E-state index in [0.29, 0.717) is 0 Å². The molecular weight excluding hydrogens is 1080 g/mol. The monoisotopic (exact) mass is 1130 g/mol. The Bertz CT molecular complexity index is 5200. The van der Waals surface area contributed by atoms with Crippen molar-refractivity contribution in [3.8, 4) is 134 Å². The van der Waals surface area contributed by atoms with E-state index in [0.717, 1.165) is 0 Å². The summed E-state index contributed by atoms with van der Waals surface area (Å²) in [5.41, 5.74) is 38.3. The summed E-state index contributed by atoms with van der Waals surface area (Å²) in [4.78, 5) is 0. The summed E-state index contributed by atoms with van der Waals surface area (Å²) in [6.45, 7) is 0.0459. The molecule has 90 heavy (non-hydrogen) atoms. The highest BCUT2D eigenvalue weighted by molar-refractivity contribution is 7.03. The van der Waals surface area contributed by atoms with Crippen molar-refractivity contribution >= 4 is 78.5 Å². The molecule has 16 aromatic carbocycles. The van der Waals surface area contributed by atoms with Gasteiger partial charge in [0.05, 0.1) is 0 Å². The molecule has 0 saturated heterocycles. The fraction of sp³-hybridized carbons (Fsp3) is 0. The van der Waals surface area contributed by atoms with Crippen molar-refractivity contribution in [2.75, 3.05) is 0 Å². The van der Waals surface area contributed by atoms with Crippen LogP contribution in [-0.2, 0) is 0 Å². The van der Waals surface area contributed by atoms with Crippen LogP contribution in [0.1, 0.15) is 0 Å². The van der Waals surface area contributed by atoms with E-state index in [2.05, 4.69) is 315 Å². The van der Waals surface area contributed by atoms with E-state index < -0.39 is 0 Å². The zero-order valence-electron chi connectivity index (χ0n) is 49.2. The van der Waals surface area contributed by atoms with Crippen LogP contribution in [0.4, 0.5) is 0 Å². The van der Waals surface area contributed by atoms with Gasteiger partial charge in [0, 0.05) is 0 Å². The van der Waals surface area contributed by atoms with Crippen molar-refractivity contribution in [2.24, 2.45) is 0 Å². The van der Waals surface area contributed by atoms with Gasteiger partial charge in [0.2, 0.25) is 13.4 Å². The normalized spacial score (nSPS) is 12.6. The van der Waals surface area contributed by atoms with Gasteiger partial charge in [-0.05, 0) is 202 Å². The molecule has 0 radical (unpaired) electrons. The molecule has 4 aliphatic heterocycles. The first-order valence-electron chi connectivity index (χ1n) is 31.7. The Morgan fingerprint density at radius 1 is 0.156 bits per heavy atom. The summed E-state index contributed by atoms with van der Waals surface area (Å²) in [6, 6.07) is 120. The molecule has 20 rings (SSSR count). The van der Waals surface area contributed by atoms with Crippen molar-refractivity contribution in [3.05, 3.63) is 315 Å². The maximum Gasteiger partial charge on any atom is 0.244 e. The van der Waals surface area contributed by atoms with Crippen molar-refractivity contribution in [2.45, 2.75) is 0 Å². The minimum Gasteiger partial charge on any atom is -0.0664 e. The molecule has 0 aliphatic carbocycles. The Morgan fingerprint density at radius 2 is 0.433 bits per heavy atom. The third-order valence-corrected chi connectivity index (χ3v) is 20.6. The molecule has 0 amide bonds. The first-order chi connectivity index (χ1) is 44.7. The summed E-state index contributed by atoms with van der Waals surface area (Å²) in [5, 5.41) is 7.99. The van der Waals surface area contributed by atoms with Crippen LogP contribution in [0.15, 0.2) is 315 Å². The van der Waals surface area contributed by atoms with Crippen LogP contribution in [0.3, 0.4) is 0 Å². The van der Waals surface area contributed by atoms with Crippen LogP contribution < -0.4 is 32.8 Å². The molecule has 0 fully saturated rings. The van der Waals surface area contributed by atoms with Crippen molar-refractivity contribution in [1.82, 2.24) is 0 Å². The number of benzene rings is 16. The maximum atomic E-state index is 2.71. The predicted octanol–water partition coefficient (Wildman–Crippen LogP) is 18.9. The van der Waals surface area contributed by atoms with E-state index >= 15 is 0 Å². The molecule has 0 spiro atoms. The lowest BCUT2D eigenvalue weighted by Gasteiger charge is -2.33. The minimum atomic E-state index is 0.0230. The first kappa shape index (κ1) is 49.8. The second-order valence-corrected chi connectivity index (χ2v) is 25.1. The summed E-state index contributed by atoms with van der Waals surface area (Å²) in [6.07, 6.45) is 0. The molecule has 16 aromatic rings. The van der Waals surface area contributed by atoms with Crippen LogP contribution in [0.5, 0.6) is 0 Å². The first-order valence-corrected chi connectivity index (χ1v) is 31.7. The highest BCUT2D eigenvalue weighted by Gasteiger charge is 2.45. The summed E-state index contributed by atoms with van der Waals surface area (Å²) >= 11 is 0. The number of hydrogen-bond acceptors (Lipinski definition) is 0. The Hall–Kier alpha value is -11.3. The Labute approximate surface area is 524 Å². The molecule has 0 bridgehead atoms. The molecule has 0 aromatic heterocycles. The summed E-state index contributed by atoms with van der Waals surface area (Å²) < 4.78 is 0. The zero-order chi connectivity index (χ0) is 58.7. The molecule has 4 heterocycles. The van der Waals surface area contributed by atoms with E-state index in [1.54, 1.807) is 0 Å². The van der Waals surface area contributed by atoms with Gasteiger partial charge in [-0.1, -0.05) is 312 Å². The topological polar surface area (TPSA) is 0 Å². The van der Waals surface area contributed by atoms with Gasteiger partial charge in [-0.2, -0.15) is 0 Å². The van der Waals surface area contributed by atoms with Gasteiger partial charge in [-0.3, -0.25) is 0 Å². The van der Waals surface area contributed by atoms with Gasteiger partial charge in [0.25, 0.3) is 0 Å². The molecule has 0 unspecified atom stereocenters.